The molecule has 25 heavy (non-hydrogen) atoms. The molecule has 0 aromatic rings. The van der Waals surface area contributed by atoms with Crippen LogP contribution in [0, 0.1) is 0 Å². The Morgan fingerprint density at radius 1 is 0.760 bits per heavy atom. The van der Waals surface area contributed by atoms with Crippen molar-refractivity contribution in [1.82, 2.24) is 0 Å². The third kappa shape index (κ3) is 8.34. The molecule has 13 heteroatoms. The largest absolute Gasteiger partial charge is 1.00 e. The van der Waals surface area contributed by atoms with Crippen LogP contribution in [-0.4, -0.2) is 120 Å². The van der Waals surface area contributed by atoms with Crippen LogP contribution in [0.4, 0.5) is 0 Å². The smallest absolute Gasteiger partial charge is 1.00 e. The Hall–Kier alpha value is -0.220. The molecule has 0 unspecified atom stereocenters. The number of rotatable bonds is 11. The van der Waals surface area contributed by atoms with Crippen LogP contribution in [0.15, 0.2) is 0 Å². The SMILES string of the molecule is O=C(OCC(=O)[C@H](O)[C@@H](O)[C@H](O)CO)[C@H](O)[C@@H](O)[C@H](O)[C@H](O)CO.[H-].[Na+]. The van der Waals surface area contributed by atoms with Gasteiger partial charge in [-0.25, -0.2) is 4.79 Å². The predicted molar refractivity (Wildman–Crippen MR) is 73.3 cm³/mol. The van der Waals surface area contributed by atoms with Crippen molar-refractivity contribution in [3.63, 3.8) is 0 Å². The summed E-state index contributed by atoms with van der Waals surface area (Å²) in [4.78, 5) is 22.9. The Morgan fingerprint density at radius 2 is 1.20 bits per heavy atom. The summed E-state index contributed by atoms with van der Waals surface area (Å²) in [7, 11) is 0. The predicted octanol–water partition coefficient (Wildman–Crippen LogP) is -9.27. The summed E-state index contributed by atoms with van der Waals surface area (Å²) in [6.45, 7) is -3.06. The summed E-state index contributed by atoms with van der Waals surface area (Å²) < 4.78 is 4.27. The van der Waals surface area contributed by atoms with Crippen molar-refractivity contribution < 1.29 is 91.3 Å². The second-order valence-corrected chi connectivity index (χ2v) is 4.94. The molecule has 0 radical (unpaired) electrons. The van der Waals surface area contributed by atoms with E-state index in [4.69, 9.17) is 20.4 Å². The van der Waals surface area contributed by atoms with E-state index in [1.807, 2.05) is 0 Å². The van der Waals surface area contributed by atoms with Gasteiger partial charge in [0.25, 0.3) is 0 Å². The number of aliphatic hydroxyl groups is 9. The van der Waals surface area contributed by atoms with Crippen molar-refractivity contribution in [2.24, 2.45) is 0 Å². The zero-order valence-electron chi connectivity index (χ0n) is 14.4. The number of esters is 1. The molecule has 0 aliphatic rings. The van der Waals surface area contributed by atoms with E-state index in [2.05, 4.69) is 4.74 Å². The molecule has 0 fully saturated rings. The van der Waals surface area contributed by atoms with Gasteiger partial charge in [0, 0.05) is 0 Å². The van der Waals surface area contributed by atoms with Crippen LogP contribution in [0.3, 0.4) is 0 Å². The van der Waals surface area contributed by atoms with Crippen LogP contribution in [-0.2, 0) is 14.3 Å². The summed E-state index contributed by atoms with van der Waals surface area (Å²) >= 11 is 0. The first kappa shape index (κ1) is 27.0. The molecule has 0 rings (SSSR count). The van der Waals surface area contributed by atoms with Gasteiger partial charge in [-0.3, -0.25) is 4.79 Å². The van der Waals surface area contributed by atoms with Crippen LogP contribution in [0.5, 0.6) is 0 Å². The monoisotopic (exact) mass is 382 g/mol. The van der Waals surface area contributed by atoms with Gasteiger partial charge in [-0.2, -0.15) is 0 Å². The maximum Gasteiger partial charge on any atom is 1.00 e. The van der Waals surface area contributed by atoms with Crippen LogP contribution in [0.1, 0.15) is 1.43 Å². The molecule has 0 bridgehead atoms. The van der Waals surface area contributed by atoms with E-state index in [0.717, 1.165) is 0 Å². The Labute approximate surface area is 165 Å². The van der Waals surface area contributed by atoms with E-state index in [9.17, 15) is 35.1 Å². The van der Waals surface area contributed by atoms with Crippen molar-refractivity contribution in [3.8, 4) is 0 Å². The van der Waals surface area contributed by atoms with Crippen molar-refractivity contribution in [2.75, 3.05) is 19.8 Å². The topological polar surface area (TPSA) is 225 Å². The third-order valence-corrected chi connectivity index (χ3v) is 3.09. The van der Waals surface area contributed by atoms with E-state index < -0.39 is 74.3 Å². The molecule has 0 heterocycles. The minimum Gasteiger partial charge on any atom is -1.00 e. The fourth-order valence-corrected chi connectivity index (χ4v) is 1.48. The minimum absolute atomic E-state index is 0. The number of carbonyl (C=O) groups is 2. The minimum atomic E-state index is -2.38. The molecule has 144 valence electrons. The standard InChI is InChI=1S/C12H22O12.Na.H/c13-1-4(15)7(18)9(20)6(17)3-24-12(23)11(22)10(21)8(19)5(16)2-14;;/h4-5,7-11,13-16,18-22H,1-3H2;;/q;+1;-1/t4-,5-,7+,8-,9+,10+,11-;;/m1../s1. The summed E-state index contributed by atoms with van der Waals surface area (Å²) in [6, 6.07) is 0. The van der Waals surface area contributed by atoms with Crippen molar-refractivity contribution >= 4 is 11.8 Å². The average molecular weight is 382 g/mol. The number of ketones is 1. The van der Waals surface area contributed by atoms with Crippen molar-refractivity contribution in [2.45, 2.75) is 42.7 Å². The summed E-state index contributed by atoms with van der Waals surface area (Å²) in [5.41, 5.74) is 0. The fourth-order valence-electron chi connectivity index (χ4n) is 1.48. The number of ether oxygens (including phenoxy) is 1. The molecule has 0 saturated heterocycles. The first-order chi connectivity index (χ1) is 11.1. The van der Waals surface area contributed by atoms with E-state index in [0.29, 0.717) is 0 Å². The van der Waals surface area contributed by atoms with Crippen LogP contribution < -0.4 is 29.6 Å². The van der Waals surface area contributed by atoms with Gasteiger partial charge in [-0.05, 0) is 0 Å². The molecule has 9 N–H and O–H groups in total. The molecular formula is C12H23NaO12. The normalized spacial score (nSPS) is 19.6. The van der Waals surface area contributed by atoms with E-state index in [1.54, 1.807) is 0 Å². The molecule has 0 aromatic carbocycles. The maximum absolute atomic E-state index is 11.4. The van der Waals surface area contributed by atoms with Crippen LogP contribution in [0.25, 0.3) is 0 Å². The molecule has 0 aromatic heterocycles. The van der Waals surface area contributed by atoms with Gasteiger partial charge in [0.15, 0.2) is 12.7 Å². The summed E-state index contributed by atoms with van der Waals surface area (Å²) in [5.74, 6) is -2.87. The van der Waals surface area contributed by atoms with E-state index in [-0.39, 0.29) is 31.0 Å². The van der Waals surface area contributed by atoms with E-state index >= 15 is 0 Å². The number of carbonyl (C=O) groups excluding carboxylic acids is 2. The van der Waals surface area contributed by atoms with Crippen LogP contribution in [0.2, 0.25) is 0 Å². The maximum atomic E-state index is 11.4. The first-order valence-electron chi connectivity index (χ1n) is 6.75. The van der Waals surface area contributed by atoms with Gasteiger partial charge < -0.3 is 52.1 Å². The second-order valence-electron chi connectivity index (χ2n) is 4.94. The zero-order chi connectivity index (χ0) is 19.0. The van der Waals surface area contributed by atoms with Crippen molar-refractivity contribution in [1.29, 1.82) is 0 Å². The van der Waals surface area contributed by atoms with Gasteiger partial charge in [-0.1, -0.05) is 0 Å². The molecule has 0 spiro atoms. The number of hydrogen-bond donors (Lipinski definition) is 9. The number of aliphatic hydroxyl groups excluding tert-OH is 9. The second kappa shape index (κ2) is 13.0. The van der Waals surface area contributed by atoms with Gasteiger partial charge >= 0.3 is 35.5 Å². The Bertz CT molecular complexity index is 414. The Balaban J connectivity index is -0.00000264. The summed E-state index contributed by atoms with van der Waals surface area (Å²) in [5, 5.41) is 82.1. The molecule has 0 aliphatic heterocycles. The molecule has 7 atom stereocenters. The van der Waals surface area contributed by atoms with Crippen molar-refractivity contribution in [3.05, 3.63) is 0 Å². The molecule has 0 aliphatic carbocycles. The van der Waals surface area contributed by atoms with Gasteiger partial charge in [0.05, 0.1) is 13.2 Å². The molecular weight excluding hydrogens is 359 g/mol. The van der Waals surface area contributed by atoms with Gasteiger partial charge in [0.2, 0.25) is 5.78 Å². The zero-order valence-corrected chi connectivity index (χ0v) is 15.4. The molecule has 0 amide bonds. The average Bonchev–Trinajstić information content (AvgIpc) is 2.60. The summed E-state index contributed by atoms with van der Waals surface area (Å²) in [6.07, 6.45) is -14.6. The third-order valence-electron chi connectivity index (χ3n) is 3.09. The Kier molecular flexibility index (Phi) is 14.1. The van der Waals surface area contributed by atoms with E-state index in [1.165, 1.54) is 0 Å². The van der Waals surface area contributed by atoms with Gasteiger partial charge in [-0.15, -0.1) is 0 Å². The number of hydrogen-bond acceptors (Lipinski definition) is 12. The van der Waals surface area contributed by atoms with Gasteiger partial charge in [0.1, 0.15) is 36.6 Å². The molecule has 12 nitrogen and oxygen atoms in total. The van der Waals surface area contributed by atoms with Crippen LogP contribution >= 0.6 is 0 Å². The quantitative estimate of drug-likeness (QED) is 0.120. The molecule has 0 saturated carbocycles. The Morgan fingerprint density at radius 3 is 1.64 bits per heavy atom. The fraction of sp³-hybridized carbons (Fsp3) is 0.833. The number of Topliss-reactive ketones (excluding diaryl/α,β-unsaturated/α-hetero) is 1. The first-order valence-corrected chi connectivity index (χ1v) is 6.75.